The maximum absolute atomic E-state index is 12.1. The minimum Gasteiger partial charge on any atom is -0.476 e. The summed E-state index contributed by atoms with van der Waals surface area (Å²) in [4.78, 5) is 30.7. The Morgan fingerprint density at radius 3 is 2.50 bits per heavy atom. The number of hydrogen-bond acceptors (Lipinski definition) is 4. The van der Waals surface area contributed by atoms with E-state index in [2.05, 4.69) is 15.3 Å². The van der Waals surface area contributed by atoms with Crippen LogP contribution in [0.15, 0.2) is 30.6 Å². The number of aromatic carboxylic acids is 1. The highest BCUT2D eigenvalue weighted by atomic mass is 16.4. The summed E-state index contributed by atoms with van der Waals surface area (Å²) < 4.78 is 0. The molecular formula is C14H13N3O3. The summed E-state index contributed by atoms with van der Waals surface area (Å²) in [6.07, 6.45) is 2.58. The van der Waals surface area contributed by atoms with Crippen molar-refractivity contribution in [2.75, 3.05) is 5.32 Å². The molecule has 2 rings (SSSR count). The second-order valence-corrected chi connectivity index (χ2v) is 4.33. The van der Waals surface area contributed by atoms with E-state index in [9.17, 15) is 9.59 Å². The number of anilines is 1. The topological polar surface area (TPSA) is 92.2 Å². The van der Waals surface area contributed by atoms with Crippen LogP contribution in [0.2, 0.25) is 0 Å². The number of carboxylic acids is 1. The van der Waals surface area contributed by atoms with Gasteiger partial charge in [0.1, 0.15) is 0 Å². The van der Waals surface area contributed by atoms with Crippen molar-refractivity contribution in [1.29, 1.82) is 0 Å². The fourth-order valence-corrected chi connectivity index (χ4v) is 1.83. The Kier molecular flexibility index (Phi) is 3.74. The lowest BCUT2D eigenvalue weighted by Gasteiger charge is -2.09. The van der Waals surface area contributed by atoms with Gasteiger partial charge in [0.2, 0.25) is 0 Å². The van der Waals surface area contributed by atoms with E-state index in [1.165, 1.54) is 12.4 Å². The highest BCUT2D eigenvalue weighted by Crippen LogP contribution is 2.14. The number of benzene rings is 1. The van der Waals surface area contributed by atoms with Gasteiger partial charge in [-0.2, -0.15) is 0 Å². The average molecular weight is 271 g/mol. The van der Waals surface area contributed by atoms with Crippen molar-refractivity contribution >= 4 is 17.7 Å². The normalized spacial score (nSPS) is 10.1. The predicted molar refractivity (Wildman–Crippen MR) is 72.9 cm³/mol. The van der Waals surface area contributed by atoms with Crippen molar-refractivity contribution in [3.63, 3.8) is 0 Å². The summed E-state index contributed by atoms with van der Waals surface area (Å²) in [7, 11) is 0. The molecule has 0 aliphatic heterocycles. The standard InChI is InChI=1S/C14H13N3O3/c1-8-3-4-10(9(2)7-8)13(18)17-12-11(14(19)20)15-5-6-16-12/h3-7H,1-2H3,(H,19,20)(H,16,17,18). The molecule has 1 amide bonds. The van der Waals surface area contributed by atoms with Crippen LogP contribution in [0.3, 0.4) is 0 Å². The third kappa shape index (κ3) is 2.80. The zero-order valence-corrected chi connectivity index (χ0v) is 11.0. The molecule has 102 valence electrons. The van der Waals surface area contributed by atoms with Gasteiger partial charge >= 0.3 is 5.97 Å². The molecule has 1 heterocycles. The molecule has 0 atom stereocenters. The zero-order valence-electron chi connectivity index (χ0n) is 11.0. The lowest BCUT2D eigenvalue weighted by atomic mass is 10.1. The van der Waals surface area contributed by atoms with Crippen LogP contribution < -0.4 is 5.32 Å². The summed E-state index contributed by atoms with van der Waals surface area (Å²) in [6.45, 7) is 3.75. The first-order valence-corrected chi connectivity index (χ1v) is 5.92. The second-order valence-electron chi connectivity index (χ2n) is 4.33. The van der Waals surface area contributed by atoms with E-state index in [0.29, 0.717) is 5.56 Å². The summed E-state index contributed by atoms with van der Waals surface area (Å²) in [5.74, 6) is -1.72. The van der Waals surface area contributed by atoms with Crippen molar-refractivity contribution in [2.45, 2.75) is 13.8 Å². The molecule has 0 saturated heterocycles. The fourth-order valence-electron chi connectivity index (χ4n) is 1.83. The summed E-state index contributed by atoms with van der Waals surface area (Å²) in [5, 5.41) is 11.5. The van der Waals surface area contributed by atoms with E-state index in [0.717, 1.165) is 11.1 Å². The molecule has 6 heteroatoms. The van der Waals surface area contributed by atoms with Crippen LogP contribution >= 0.6 is 0 Å². The zero-order chi connectivity index (χ0) is 14.7. The van der Waals surface area contributed by atoms with E-state index in [1.54, 1.807) is 6.07 Å². The summed E-state index contributed by atoms with van der Waals surface area (Å²) in [5.41, 5.74) is 2.04. The van der Waals surface area contributed by atoms with Crippen LogP contribution in [0, 0.1) is 13.8 Å². The van der Waals surface area contributed by atoms with Crippen LogP contribution in [0.25, 0.3) is 0 Å². The van der Waals surface area contributed by atoms with Gasteiger partial charge in [-0.25, -0.2) is 14.8 Å². The minimum absolute atomic E-state index is 0.0648. The lowest BCUT2D eigenvalue weighted by molar-refractivity contribution is 0.0691. The Bertz CT molecular complexity index is 683. The molecule has 6 nitrogen and oxygen atoms in total. The van der Waals surface area contributed by atoms with Crippen LogP contribution in [0.1, 0.15) is 32.0 Å². The van der Waals surface area contributed by atoms with Crippen molar-refractivity contribution in [3.8, 4) is 0 Å². The third-order valence-electron chi connectivity index (χ3n) is 2.76. The van der Waals surface area contributed by atoms with Crippen molar-refractivity contribution in [2.24, 2.45) is 0 Å². The number of nitrogens with zero attached hydrogens (tertiary/aromatic N) is 2. The Hall–Kier alpha value is -2.76. The van der Waals surface area contributed by atoms with Crippen LogP contribution in [-0.4, -0.2) is 27.0 Å². The van der Waals surface area contributed by atoms with E-state index >= 15 is 0 Å². The van der Waals surface area contributed by atoms with Crippen molar-refractivity contribution in [1.82, 2.24) is 9.97 Å². The maximum atomic E-state index is 12.1. The Labute approximate surface area is 115 Å². The lowest BCUT2D eigenvalue weighted by Crippen LogP contribution is -2.18. The highest BCUT2D eigenvalue weighted by Gasteiger charge is 2.16. The first kappa shape index (κ1) is 13.7. The maximum Gasteiger partial charge on any atom is 0.358 e. The van der Waals surface area contributed by atoms with E-state index in [-0.39, 0.29) is 11.5 Å². The number of carbonyl (C=O) groups excluding carboxylic acids is 1. The molecule has 2 aromatic rings. The van der Waals surface area contributed by atoms with Crippen LogP contribution in [0.5, 0.6) is 0 Å². The molecule has 20 heavy (non-hydrogen) atoms. The average Bonchev–Trinajstić information content (AvgIpc) is 2.38. The number of hydrogen-bond donors (Lipinski definition) is 2. The predicted octanol–water partition coefficient (Wildman–Crippen LogP) is 2.04. The van der Waals surface area contributed by atoms with Gasteiger partial charge in [-0.1, -0.05) is 17.7 Å². The van der Waals surface area contributed by atoms with Crippen LogP contribution in [-0.2, 0) is 0 Å². The van der Waals surface area contributed by atoms with Gasteiger partial charge in [-0.05, 0) is 25.5 Å². The van der Waals surface area contributed by atoms with Gasteiger partial charge in [-0.3, -0.25) is 4.79 Å². The molecule has 1 aromatic heterocycles. The molecular weight excluding hydrogens is 258 g/mol. The SMILES string of the molecule is Cc1ccc(C(=O)Nc2nccnc2C(=O)O)c(C)c1. The molecule has 0 bridgehead atoms. The number of aryl methyl sites for hydroxylation is 2. The number of amides is 1. The van der Waals surface area contributed by atoms with Gasteiger partial charge < -0.3 is 10.4 Å². The number of rotatable bonds is 3. The molecule has 0 aliphatic carbocycles. The molecule has 0 unspecified atom stereocenters. The largest absolute Gasteiger partial charge is 0.476 e. The van der Waals surface area contributed by atoms with Gasteiger partial charge in [-0.15, -0.1) is 0 Å². The number of aromatic nitrogens is 2. The summed E-state index contributed by atoms with van der Waals surface area (Å²) >= 11 is 0. The monoisotopic (exact) mass is 271 g/mol. The van der Waals surface area contributed by atoms with Crippen molar-refractivity contribution in [3.05, 3.63) is 53.0 Å². The second kappa shape index (κ2) is 5.48. The van der Waals surface area contributed by atoms with Crippen molar-refractivity contribution < 1.29 is 14.7 Å². The van der Waals surface area contributed by atoms with Gasteiger partial charge in [0.15, 0.2) is 11.5 Å². The first-order valence-electron chi connectivity index (χ1n) is 5.92. The Morgan fingerprint density at radius 1 is 1.15 bits per heavy atom. The molecule has 0 fully saturated rings. The van der Waals surface area contributed by atoms with Gasteiger partial charge in [0.05, 0.1) is 0 Å². The molecule has 0 saturated carbocycles. The Morgan fingerprint density at radius 2 is 1.85 bits per heavy atom. The fraction of sp³-hybridized carbons (Fsp3) is 0.143. The molecule has 0 radical (unpaired) electrons. The molecule has 1 aromatic carbocycles. The smallest absolute Gasteiger partial charge is 0.358 e. The summed E-state index contributed by atoms with van der Waals surface area (Å²) in [6, 6.07) is 5.39. The first-order chi connectivity index (χ1) is 9.49. The minimum atomic E-state index is -1.24. The quantitative estimate of drug-likeness (QED) is 0.891. The van der Waals surface area contributed by atoms with E-state index in [4.69, 9.17) is 5.11 Å². The third-order valence-corrected chi connectivity index (χ3v) is 2.76. The van der Waals surface area contributed by atoms with Gasteiger partial charge in [0.25, 0.3) is 5.91 Å². The van der Waals surface area contributed by atoms with E-state index < -0.39 is 11.9 Å². The number of carbonyl (C=O) groups is 2. The molecule has 0 spiro atoms. The van der Waals surface area contributed by atoms with Crippen LogP contribution in [0.4, 0.5) is 5.82 Å². The number of nitrogens with one attached hydrogen (secondary N) is 1. The van der Waals surface area contributed by atoms with E-state index in [1.807, 2.05) is 26.0 Å². The Balaban J connectivity index is 2.30. The highest BCUT2D eigenvalue weighted by molar-refractivity contribution is 6.07. The molecule has 2 N–H and O–H groups in total. The number of carboxylic acid groups (broad SMARTS) is 1. The molecule has 0 aliphatic rings. The van der Waals surface area contributed by atoms with Gasteiger partial charge in [0, 0.05) is 18.0 Å².